The van der Waals surface area contributed by atoms with Gasteiger partial charge in [0.15, 0.2) is 5.78 Å². The van der Waals surface area contributed by atoms with E-state index in [9.17, 15) is 19.7 Å². The summed E-state index contributed by atoms with van der Waals surface area (Å²) in [7, 11) is 0. The number of nitro groups is 1. The quantitative estimate of drug-likeness (QED) is 0.147. The van der Waals surface area contributed by atoms with E-state index in [0.717, 1.165) is 5.56 Å². The summed E-state index contributed by atoms with van der Waals surface area (Å²) in [5.41, 5.74) is 1.72. The van der Waals surface area contributed by atoms with Crippen molar-refractivity contribution in [2.75, 3.05) is 0 Å². The molecule has 9 heteroatoms. The number of hydrogen-bond acceptors (Lipinski definition) is 5. The second kappa shape index (κ2) is 10.6. The highest BCUT2D eigenvalue weighted by molar-refractivity contribution is 9.10. The number of benzene rings is 3. The van der Waals surface area contributed by atoms with Crippen LogP contribution in [-0.2, 0) is 5.75 Å². The fourth-order valence-corrected chi connectivity index (χ4v) is 4.23. The molecule has 0 aliphatic heterocycles. The van der Waals surface area contributed by atoms with Crippen molar-refractivity contribution in [3.05, 3.63) is 113 Å². The van der Waals surface area contributed by atoms with Crippen LogP contribution in [0.1, 0.15) is 31.8 Å². The second-order valence-corrected chi connectivity index (χ2v) is 8.91. The van der Waals surface area contributed by atoms with Gasteiger partial charge in [-0.1, -0.05) is 41.9 Å². The number of aromatic carboxylic acids is 1. The van der Waals surface area contributed by atoms with Gasteiger partial charge in [0.05, 0.1) is 19.9 Å². The van der Waals surface area contributed by atoms with E-state index in [2.05, 4.69) is 15.9 Å². The number of allylic oxidation sites excluding steroid dienone is 1. The average molecular weight is 533 g/mol. The van der Waals surface area contributed by atoms with Gasteiger partial charge < -0.3 is 5.11 Å². The maximum atomic E-state index is 13.2. The lowest BCUT2D eigenvalue weighted by Gasteiger charge is -2.09. The monoisotopic (exact) mass is 531 g/mol. The number of rotatable bonds is 8. The number of thioether (sulfide) groups is 1. The first-order valence-corrected chi connectivity index (χ1v) is 11.3. The van der Waals surface area contributed by atoms with Crippen molar-refractivity contribution in [1.29, 1.82) is 0 Å². The van der Waals surface area contributed by atoms with E-state index in [-0.39, 0.29) is 17.0 Å². The molecular weight excluding hydrogens is 518 g/mol. The zero-order chi connectivity index (χ0) is 23.3. The Balaban J connectivity index is 1.96. The van der Waals surface area contributed by atoms with E-state index in [4.69, 9.17) is 16.7 Å². The topological polar surface area (TPSA) is 97.5 Å². The number of halogens is 2. The fraction of sp³-hybridized carbons (Fsp3) is 0.0435. The van der Waals surface area contributed by atoms with Crippen molar-refractivity contribution in [1.82, 2.24) is 0 Å². The zero-order valence-corrected chi connectivity index (χ0v) is 19.5. The first kappa shape index (κ1) is 23.7. The Kier molecular flexibility index (Phi) is 7.84. The molecule has 0 fully saturated rings. The van der Waals surface area contributed by atoms with E-state index in [1.807, 2.05) is 12.1 Å². The highest BCUT2D eigenvalue weighted by Crippen LogP contribution is 2.31. The number of nitrogens with zero attached hydrogens (tertiary/aromatic N) is 1. The van der Waals surface area contributed by atoms with Crippen molar-refractivity contribution in [2.24, 2.45) is 0 Å². The molecule has 32 heavy (non-hydrogen) atoms. The summed E-state index contributed by atoms with van der Waals surface area (Å²) in [6.07, 6.45) is 1.59. The van der Waals surface area contributed by atoms with Crippen LogP contribution in [-0.4, -0.2) is 21.8 Å². The largest absolute Gasteiger partial charge is 0.478 e. The lowest BCUT2D eigenvalue weighted by atomic mass is 10.1. The lowest BCUT2D eigenvalue weighted by molar-refractivity contribution is -0.385. The van der Waals surface area contributed by atoms with Crippen LogP contribution in [0.15, 0.2) is 76.1 Å². The Labute approximate surface area is 201 Å². The average Bonchev–Trinajstić information content (AvgIpc) is 2.78. The minimum Gasteiger partial charge on any atom is -0.478 e. The van der Waals surface area contributed by atoms with E-state index in [0.29, 0.717) is 31.3 Å². The van der Waals surface area contributed by atoms with Gasteiger partial charge in [-0.25, -0.2) is 4.79 Å². The molecule has 3 rings (SSSR count). The summed E-state index contributed by atoms with van der Waals surface area (Å²) in [6, 6.07) is 17.4. The number of hydrogen-bond donors (Lipinski definition) is 1. The van der Waals surface area contributed by atoms with Gasteiger partial charge in [0.25, 0.3) is 5.69 Å². The first-order chi connectivity index (χ1) is 15.2. The van der Waals surface area contributed by atoms with Gasteiger partial charge >= 0.3 is 5.97 Å². The molecule has 0 amide bonds. The molecule has 0 radical (unpaired) electrons. The fourth-order valence-electron chi connectivity index (χ4n) is 2.73. The molecule has 0 saturated heterocycles. The predicted molar refractivity (Wildman–Crippen MR) is 129 cm³/mol. The summed E-state index contributed by atoms with van der Waals surface area (Å²) >= 11 is 10.4. The van der Waals surface area contributed by atoms with Gasteiger partial charge in [-0.3, -0.25) is 14.9 Å². The molecule has 0 spiro atoms. The van der Waals surface area contributed by atoms with E-state index in [1.165, 1.54) is 42.1 Å². The van der Waals surface area contributed by atoms with Gasteiger partial charge in [-0.05, 0) is 63.5 Å². The molecule has 6 nitrogen and oxygen atoms in total. The highest BCUT2D eigenvalue weighted by atomic mass is 79.9. The van der Waals surface area contributed by atoms with Crippen LogP contribution in [0.2, 0.25) is 5.02 Å². The first-order valence-electron chi connectivity index (χ1n) is 9.15. The second-order valence-electron chi connectivity index (χ2n) is 6.60. The third-order valence-electron chi connectivity index (χ3n) is 4.39. The van der Waals surface area contributed by atoms with Crippen LogP contribution < -0.4 is 0 Å². The molecule has 162 valence electrons. The summed E-state index contributed by atoms with van der Waals surface area (Å²) in [5, 5.41) is 20.9. The maximum Gasteiger partial charge on any atom is 0.335 e. The van der Waals surface area contributed by atoms with Gasteiger partial charge in [0.1, 0.15) is 0 Å². The molecule has 0 aliphatic rings. The number of nitro benzene ring substituents is 1. The SMILES string of the molecule is O=C(O)c1ccc(C(=O)/C(=C\c2ccc(Br)c([N+](=O)[O-])c2)SCc2ccc(Cl)cc2)cc1. The Morgan fingerprint density at radius 1 is 1.03 bits per heavy atom. The minimum absolute atomic E-state index is 0.0735. The highest BCUT2D eigenvalue weighted by Gasteiger charge is 2.17. The van der Waals surface area contributed by atoms with Gasteiger partial charge in [0, 0.05) is 22.4 Å². The molecule has 0 aliphatic carbocycles. The molecule has 3 aromatic rings. The molecule has 3 aromatic carbocycles. The Morgan fingerprint density at radius 3 is 2.25 bits per heavy atom. The smallest absolute Gasteiger partial charge is 0.335 e. The molecule has 0 heterocycles. The number of carboxylic acids is 1. The molecular formula is C23H15BrClNO5S. The molecule has 0 unspecified atom stereocenters. The number of carbonyl (C=O) groups is 2. The van der Waals surface area contributed by atoms with Crippen LogP contribution in [0.4, 0.5) is 5.69 Å². The summed E-state index contributed by atoms with van der Waals surface area (Å²) < 4.78 is 0.339. The summed E-state index contributed by atoms with van der Waals surface area (Å²) in [6.45, 7) is 0. The van der Waals surface area contributed by atoms with Crippen molar-refractivity contribution in [3.8, 4) is 0 Å². The molecule has 0 aromatic heterocycles. The van der Waals surface area contributed by atoms with Crippen LogP contribution in [0, 0.1) is 10.1 Å². The normalized spacial score (nSPS) is 11.2. The number of ketones is 1. The number of carboxylic acid groups (broad SMARTS) is 1. The number of carbonyl (C=O) groups excluding carboxylic acids is 1. The molecule has 0 atom stereocenters. The van der Waals surface area contributed by atoms with Gasteiger partial charge in [-0.15, -0.1) is 11.8 Å². The van der Waals surface area contributed by atoms with Crippen molar-refractivity contribution < 1.29 is 19.6 Å². The molecule has 0 saturated carbocycles. The van der Waals surface area contributed by atoms with Crippen molar-refractivity contribution in [3.63, 3.8) is 0 Å². The van der Waals surface area contributed by atoms with Crippen LogP contribution >= 0.6 is 39.3 Å². The predicted octanol–water partition coefficient (Wildman–Crippen LogP) is 6.87. The van der Waals surface area contributed by atoms with Crippen LogP contribution in [0.5, 0.6) is 0 Å². The Morgan fingerprint density at radius 2 is 1.66 bits per heavy atom. The Hall–Kier alpha value is -2.94. The Bertz CT molecular complexity index is 1210. The summed E-state index contributed by atoms with van der Waals surface area (Å²) in [4.78, 5) is 35.4. The van der Waals surface area contributed by atoms with Crippen molar-refractivity contribution >= 4 is 62.8 Å². The van der Waals surface area contributed by atoms with Crippen LogP contribution in [0.25, 0.3) is 6.08 Å². The van der Waals surface area contributed by atoms with Gasteiger partial charge in [-0.2, -0.15) is 0 Å². The summed E-state index contributed by atoms with van der Waals surface area (Å²) in [5.74, 6) is -0.925. The third kappa shape index (κ3) is 6.06. The lowest BCUT2D eigenvalue weighted by Crippen LogP contribution is -2.03. The van der Waals surface area contributed by atoms with Crippen LogP contribution in [0.3, 0.4) is 0 Å². The zero-order valence-electron chi connectivity index (χ0n) is 16.3. The van der Waals surface area contributed by atoms with E-state index < -0.39 is 10.9 Å². The number of Topliss-reactive ketones (excluding diaryl/α,β-unsaturated/α-hetero) is 1. The molecule has 0 bridgehead atoms. The minimum atomic E-state index is -1.08. The van der Waals surface area contributed by atoms with E-state index >= 15 is 0 Å². The van der Waals surface area contributed by atoms with Gasteiger partial charge in [0.2, 0.25) is 0 Å². The third-order valence-corrected chi connectivity index (χ3v) is 6.40. The maximum absolute atomic E-state index is 13.2. The van der Waals surface area contributed by atoms with E-state index in [1.54, 1.807) is 30.3 Å². The van der Waals surface area contributed by atoms with Crippen molar-refractivity contribution in [2.45, 2.75) is 5.75 Å². The molecule has 1 N–H and O–H groups in total. The standard InChI is InChI=1S/C23H15BrClNO5S/c24-19-10-3-15(11-20(19)26(30)31)12-21(32-13-14-1-8-18(25)9-2-14)22(27)16-4-6-17(7-5-16)23(28)29/h1-12H,13H2,(H,28,29)/b21-12+.